The largest absolute Gasteiger partial charge is 0.341 e. The second-order valence-electron chi connectivity index (χ2n) is 6.54. The van der Waals surface area contributed by atoms with E-state index in [1.54, 1.807) is 0 Å². The number of carbonyl (C=O) groups is 2. The van der Waals surface area contributed by atoms with Crippen molar-refractivity contribution in [1.82, 2.24) is 15.5 Å². The van der Waals surface area contributed by atoms with E-state index >= 15 is 0 Å². The molecule has 1 aliphatic rings. The van der Waals surface area contributed by atoms with Gasteiger partial charge in [-0.15, -0.1) is 0 Å². The smallest absolute Gasteiger partial charge is 0.321 e. The summed E-state index contributed by atoms with van der Waals surface area (Å²) >= 11 is 0. The lowest BCUT2D eigenvalue weighted by Crippen LogP contribution is -2.49. The lowest BCUT2D eigenvalue weighted by molar-refractivity contribution is -0.125. The fourth-order valence-corrected chi connectivity index (χ4v) is 2.64. The minimum atomic E-state index is -0.459. The molecule has 1 fully saturated rings. The van der Waals surface area contributed by atoms with Gasteiger partial charge in [0.05, 0.1) is 6.04 Å². The summed E-state index contributed by atoms with van der Waals surface area (Å²) in [7, 11) is 1.50. The highest BCUT2D eigenvalue weighted by molar-refractivity contribution is 5.96. The molecule has 1 aliphatic carbocycles. The summed E-state index contributed by atoms with van der Waals surface area (Å²) in [6, 6.07) is 8.22. The van der Waals surface area contributed by atoms with Crippen molar-refractivity contribution < 1.29 is 9.59 Å². The van der Waals surface area contributed by atoms with Gasteiger partial charge < -0.3 is 5.32 Å². The topological polar surface area (TPSA) is 61.4 Å². The Hall–Kier alpha value is -1.88. The predicted molar refractivity (Wildman–Crippen MR) is 91.2 cm³/mol. The first-order valence-corrected chi connectivity index (χ1v) is 8.29. The fourth-order valence-electron chi connectivity index (χ4n) is 2.64. The molecule has 0 radical (unpaired) electrons. The highest BCUT2D eigenvalue weighted by Gasteiger charge is 2.35. The molecule has 1 saturated carbocycles. The van der Waals surface area contributed by atoms with E-state index in [1.165, 1.54) is 18.2 Å². The third-order valence-electron chi connectivity index (χ3n) is 4.37. The molecule has 0 unspecified atom stereocenters. The number of urea groups is 1. The Labute approximate surface area is 138 Å². The number of hydrogen-bond acceptors (Lipinski definition) is 3. The minimum absolute atomic E-state index is 0.255. The summed E-state index contributed by atoms with van der Waals surface area (Å²) in [5, 5.41) is 4.78. The van der Waals surface area contributed by atoms with Crippen LogP contribution in [0.25, 0.3) is 0 Å². The average molecular weight is 317 g/mol. The monoisotopic (exact) mass is 317 g/mol. The van der Waals surface area contributed by atoms with E-state index < -0.39 is 6.03 Å². The van der Waals surface area contributed by atoms with Crippen molar-refractivity contribution in [3.8, 4) is 0 Å². The van der Waals surface area contributed by atoms with E-state index in [9.17, 15) is 9.59 Å². The number of imide groups is 1. The molecule has 2 N–H and O–H groups in total. The standard InChI is InChI=1S/C18H27N3O2/c1-12(2)15-7-5-14(6-8-15)11-21(16-9-10-16)13(3)17(22)20-18(23)19-4/h5-8,12-13,16H,9-11H2,1-4H3,(H2,19,20,22,23)/t13-/m0/s1. The van der Waals surface area contributed by atoms with Gasteiger partial charge in [0.25, 0.3) is 0 Å². The van der Waals surface area contributed by atoms with Gasteiger partial charge in [0, 0.05) is 19.6 Å². The highest BCUT2D eigenvalue weighted by Crippen LogP contribution is 2.30. The molecule has 1 atom stereocenters. The number of nitrogens with zero attached hydrogens (tertiary/aromatic N) is 1. The molecule has 1 aromatic carbocycles. The first-order chi connectivity index (χ1) is 10.9. The summed E-state index contributed by atoms with van der Waals surface area (Å²) in [6.45, 7) is 6.94. The number of nitrogens with one attached hydrogen (secondary N) is 2. The lowest BCUT2D eigenvalue weighted by atomic mass is 10.0. The molecule has 0 aromatic heterocycles. The van der Waals surface area contributed by atoms with E-state index in [0.29, 0.717) is 12.0 Å². The Bertz CT molecular complexity index is 550. The maximum Gasteiger partial charge on any atom is 0.321 e. The van der Waals surface area contributed by atoms with Crippen molar-refractivity contribution in [2.45, 2.75) is 58.2 Å². The van der Waals surface area contributed by atoms with Crippen LogP contribution in [0.5, 0.6) is 0 Å². The minimum Gasteiger partial charge on any atom is -0.341 e. The number of carbonyl (C=O) groups excluding carboxylic acids is 2. The fraction of sp³-hybridized carbons (Fsp3) is 0.556. The van der Waals surface area contributed by atoms with Crippen LogP contribution in [-0.2, 0) is 11.3 Å². The second-order valence-corrected chi connectivity index (χ2v) is 6.54. The van der Waals surface area contributed by atoms with Gasteiger partial charge in [-0.05, 0) is 36.8 Å². The van der Waals surface area contributed by atoms with Crippen molar-refractivity contribution >= 4 is 11.9 Å². The van der Waals surface area contributed by atoms with Crippen LogP contribution < -0.4 is 10.6 Å². The summed E-state index contributed by atoms with van der Waals surface area (Å²) in [5.74, 6) is 0.260. The molecule has 1 aromatic rings. The predicted octanol–water partition coefficient (Wildman–Crippen LogP) is 2.62. The molecule has 0 aliphatic heterocycles. The van der Waals surface area contributed by atoms with Gasteiger partial charge >= 0.3 is 6.03 Å². The number of benzene rings is 1. The van der Waals surface area contributed by atoms with Gasteiger partial charge in [-0.25, -0.2) is 4.79 Å². The zero-order valence-electron chi connectivity index (χ0n) is 14.4. The van der Waals surface area contributed by atoms with Crippen molar-refractivity contribution in [3.63, 3.8) is 0 Å². The zero-order valence-corrected chi connectivity index (χ0v) is 14.4. The summed E-state index contributed by atoms with van der Waals surface area (Å²) < 4.78 is 0. The summed E-state index contributed by atoms with van der Waals surface area (Å²) in [6.07, 6.45) is 2.23. The van der Waals surface area contributed by atoms with Crippen molar-refractivity contribution in [1.29, 1.82) is 0 Å². The van der Waals surface area contributed by atoms with Gasteiger partial charge in [0.15, 0.2) is 0 Å². The second kappa shape index (κ2) is 7.59. The molecule has 3 amide bonds. The van der Waals surface area contributed by atoms with E-state index in [1.807, 2.05) is 6.92 Å². The normalized spacial score (nSPS) is 15.6. The molecule has 5 nitrogen and oxygen atoms in total. The van der Waals surface area contributed by atoms with Crippen molar-refractivity contribution in [2.75, 3.05) is 7.05 Å². The van der Waals surface area contributed by atoms with Crippen molar-refractivity contribution in [2.24, 2.45) is 0 Å². The summed E-state index contributed by atoms with van der Waals surface area (Å²) in [5.41, 5.74) is 2.51. The van der Waals surface area contributed by atoms with E-state index in [4.69, 9.17) is 0 Å². The Morgan fingerprint density at radius 3 is 2.26 bits per heavy atom. The summed E-state index contributed by atoms with van der Waals surface area (Å²) in [4.78, 5) is 25.7. The molecule has 126 valence electrons. The zero-order chi connectivity index (χ0) is 17.0. The quantitative estimate of drug-likeness (QED) is 0.848. The van der Waals surface area contributed by atoms with Crippen LogP contribution in [0.15, 0.2) is 24.3 Å². The lowest BCUT2D eigenvalue weighted by Gasteiger charge is -2.28. The van der Waals surface area contributed by atoms with Gasteiger partial charge in [-0.2, -0.15) is 0 Å². The number of amides is 3. The molecule has 2 rings (SSSR count). The average Bonchev–Trinajstić information content (AvgIpc) is 3.36. The first-order valence-electron chi connectivity index (χ1n) is 8.29. The Balaban J connectivity index is 2.03. The van der Waals surface area contributed by atoms with Crippen molar-refractivity contribution in [3.05, 3.63) is 35.4 Å². The van der Waals surface area contributed by atoms with E-state index in [-0.39, 0.29) is 11.9 Å². The molecule has 5 heteroatoms. The SMILES string of the molecule is CNC(=O)NC(=O)[C@H](C)N(Cc1ccc(C(C)C)cc1)C1CC1. The third kappa shape index (κ3) is 4.79. The Morgan fingerprint density at radius 1 is 1.17 bits per heavy atom. The van der Waals surface area contributed by atoms with Gasteiger partial charge in [-0.1, -0.05) is 38.1 Å². The number of hydrogen-bond donors (Lipinski definition) is 2. The van der Waals surface area contributed by atoms with Gasteiger partial charge in [0.2, 0.25) is 5.91 Å². The highest BCUT2D eigenvalue weighted by atomic mass is 16.2. The van der Waals surface area contributed by atoms with Crippen LogP contribution in [-0.4, -0.2) is 36.0 Å². The van der Waals surface area contributed by atoms with Crippen LogP contribution in [0.1, 0.15) is 50.7 Å². The van der Waals surface area contributed by atoms with E-state index in [0.717, 1.165) is 19.4 Å². The maximum atomic E-state index is 12.2. The van der Waals surface area contributed by atoms with Crippen LogP contribution in [0.4, 0.5) is 4.79 Å². The molecular formula is C18H27N3O2. The molecule has 0 spiro atoms. The molecule has 0 saturated heterocycles. The van der Waals surface area contributed by atoms with Gasteiger partial charge in [0.1, 0.15) is 0 Å². The maximum absolute atomic E-state index is 12.2. The Kier molecular flexibility index (Phi) is 5.77. The van der Waals surface area contributed by atoms with Crippen LogP contribution in [0.2, 0.25) is 0 Å². The first kappa shape index (κ1) is 17.5. The number of rotatable bonds is 6. The van der Waals surface area contributed by atoms with Crippen LogP contribution >= 0.6 is 0 Å². The van der Waals surface area contributed by atoms with Gasteiger partial charge in [-0.3, -0.25) is 15.0 Å². The molecular weight excluding hydrogens is 290 g/mol. The Morgan fingerprint density at radius 2 is 1.78 bits per heavy atom. The van der Waals surface area contributed by atoms with Crippen LogP contribution in [0, 0.1) is 0 Å². The molecule has 0 heterocycles. The molecule has 23 heavy (non-hydrogen) atoms. The molecule has 0 bridgehead atoms. The third-order valence-corrected chi connectivity index (χ3v) is 4.37. The van der Waals surface area contributed by atoms with E-state index in [2.05, 4.69) is 53.6 Å². The van der Waals surface area contributed by atoms with Crippen LogP contribution in [0.3, 0.4) is 0 Å².